The Bertz CT molecular complexity index is 769. The molecule has 0 aromatic heterocycles. The molecule has 6 nitrogen and oxygen atoms in total. The Labute approximate surface area is 169 Å². The Morgan fingerprint density at radius 2 is 1.79 bits per heavy atom. The van der Waals surface area contributed by atoms with Crippen LogP contribution in [0.25, 0.3) is 0 Å². The largest absolute Gasteiger partial charge is 0.350 e. The number of sulfonamides is 1. The summed E-state index contributed by atoms with van der Waals surface area (Å²) in [5.41, 5.74) is 0.500. The summed E-state index contributed by atoms with van der Waals surface area (Å²) in [5.74, 6) is 0.579. The quantitative estimate of drug-likeness (QED) is 0.787. The topological polar surface area (TPSA) is 69.7 Å². The Morgan fingerprint density at radius 3 is 2.39 bits per heavy atom. The molecule has 156 valence electrons. The molecule has 1 aromatic rings. The van der Waals surface area contributed by atoms with E-state index in [1.165, 1.54) is 6.42 Å². The summed E-state index contributed by atoms with van der Waals surface area (Å²) >= 11 is 0. The van der Waals surface area contributed by atoms with Gasteiger partial charge in [0, 0.05) is 31.2 Å². The molecule has 7 heteroatoms. The molecule has 1 N–H and O–H groups in total. The van der Waals surface area contributed by atoms with Gasteiger partial charge in [0.05, 0.1) is 4.90 Å². The molecule has 0 radical (unpaired) electrons. The molecule has 28 heavy (non-hydrogen) atoms. The van der Waals surface area contributed by atoms with Crippen LogP contribution in [0.3, 0.4) is 0 Å². The SMILES string of the molecule is CCN1CCC[C@@H]1CNC(=O)c1ccc(S(=O)(=O)N2C[C@H](C)C[C@H](C)C2)cc1. The van der Waals surface area contributed by atoms with Crippen LogP contribution in [0.15, 0.2) is 29.2 Å². The number of rotatable bonds is 6. The average Bonchev–Trinajstić information content (AvgIpc) is 3.13. The number of nitrogens with zero attached hydrogens (tertiary/aromatic N) is 2. The highest BCUT2D eigenvalue weighted by Gasteiger charge is 2.31. The molecule has 2 fully saturated rings. The zero-order chi connectivity index (χ0) is 20.3. The molecule has 0 aliphatic carbocycles. The third-order valence-corrected chi connectivity index (χ3v) is 7.84. The minimum absolute atomic E-state index is 0.146. The van der Waals surface area contributed by atoms with Crippen LogP contribution in [-0.2, 0) is 10.0 Å². The van der Waals surface area contributed by atoms with Crippen LogP contribution in [-0.4, -0.2) is 62.3 Å². The molecule has 2 aliphatic heterocycles. The summed E-state index contributed by atoms with van der Waals surface area (Å²) in [6, 6.07) is 6.75. The Morgan fingerprint density at radius 1 is 1.14 bits per heavy atom. The number of benzene rings is 1. The van der Waals surface area contributed by atoms with Crippen molar-refractivity contribution in [3.63, 3.8) is 0 Å². The smallest absolute Gasteiger partial charge is 0.251 e. The first kappa shape index (κ1) is 21.3. The van der Waals surface area contributed by atoms with E-state index in [2.05, 4.69) is 31.0 Å². The lowest BCUT2D eigenvalue weighted by Crippen LogP contribution is -2.42. The van der Waals surface area contributed by atoms with Crippen LogP contribution in [0.2, 0.25) is 0 Å². The number of hydrogen-bond donors (Lipinski definition) is 1. The molecule has 1 aromatic carbocycles. The van der Waals surface area contributed by atoms with Crippen molar-refractivity contribution in [2.24, 2.45) is 11.8 Å². The minimum Gasteiger partial charge on any atom is -0.350 e. The van der Waals surface area contributed by atoms with Crippen LogP contribution in [0.5, 0.6) is 0 Å². The summed E-state index contributed by atoms with van der Waals surface area (Å²) < 4.78 is 27.5. The van der Waals surface area contributed by atoms with E-state index in [9.17, 15) is 13.2 Å². The van der Waals surface area contributed by atoms with Gasteiger partial charge in [-0.25, -0.2) is 8.42 Å². The van der Waals surface area contributed by atoms with Crippen molar-refractivity contribution in [1.29, 1.82) is 0 Å². The fraction of sp³-hybridized carbons (Fsp3) is 0.667. The van der Waals surface area contributed by atoms with E-state index in [1.54, 1.807) is 28.6 Å². The molecule has 0 unspecified atom stereocenters. The molecule has 0 spiro atoms. The lowest BCUT2D eigenvalue weighted by Gasteiger charge is -2.34. The third kappa shape index (κ3) is 4.75. The number of piperidine rings is 1. The third-order valence-electron chi connectivity index (χ3n) is 5.99. The molecule has 2 saturated heterocycles. The second kappa shape index (κ2) is 8.93. The first-order chi connectivity index (χ1) is 13.3. The van der Waals surface area contributed by atoms with E-state index < -0.39 is 10.0 Å². The van der Waals surface area contributed by atoms with Gasteiger partial charge < -0.3 is 5.32 Å². The monoisotopic (exact) mass is 407 g/mol. The molecule has 2 heterocycles. The average molecular weight is 408 g/mol. The van der Waals surface area contributed by atoms with Gasteiger partial charge in [0.25, 0.3) is 5.91 Å². The normalized spacial score (nSPS) is 27.0. The maximum atomic E-state index is 12.9. The van der Waals surface area contributed by atoms with Gasteiger partial charge in [0.15, 0.2) is 0 Å². The number of carbonyl (C=O) groups excluding carboxylic acids is 1. The number of hydrogen-bond acceptors (Lipinski definition) is 4. The Balaban J connectivity index is 1.63. The molecule has 1 amide bonds. The van der Waals surface area contributed by atoms with Gasteiger partial charge in [-0.3, -0.25) is 9.69 Å². The van der Waals surface area contributed by atoms with E-state index in [0.717, 1.165) is 25.9 Å². The number of likely N-dealkylation sites (tertiary alicyclic amines) is 1. The molecular formula is C21H33N3O3S. The van der Waals surface area contributed by atoms with E-state index in [-0.39, 0.29) is 10.8 Å². The summed E-state index contributed by atoms with van der Waals surface area (Å²) in [5, 5.41) is 3.00. The standard InChI is InChI=1S/C21H33N3O3S/c1-4-23-11-5-6-19(23)13-22-21(25)18-7-9-20(10-8-18)28(26,27)24-14-16(2)12-17(3)15-24/h7-10,16-17,19H,4-6,11-15H2,1-3H3,(H,22,25)/t16-,17+,19-/m1/s1. The summed E-state index contributed by atoms with van der Waals surface area (Å²) in [7, 11) is -3.51. The van der Waals surface area contributed by atoms with Crippen molar-refractivity contribution in [2.75, 3.05) is 32.7 Å². The Kier molecular flexibility index (Phi) is 6.78. The molecule has 2 aliphatic rings. The van der Waals surface area contributed by atoms with Crippen LogP contribution in [0, 0.1) is 11.8 Å². The number of nitrogens with one attached hydrogen (secondary N) is 1. The lowest BCUT2D eigenvalue weighted by molar-refractivity contribution is 0.0941. The van der Waals surface area contributed by atoms with Crippen molar-refractivity contribution < 1.29 is 13.2 Å². The highest BCUT2D eigenvalue weighted by Crippen LogP contribution is 2.26. The maximum absolute atomic E-state index is 12.9. The molecule has 3 atom stereocenters. The summed E-state index contributed by atoms with van der Waals surface area (Å²) in [4.78, 5) is 15.1. The minimum atomic E-state index is -3.51. The number of carbonyl (C=O) groups is 1. The lowest BCUT2D eigenvalue weighted by atomic mass is 9.94. The second-order valence-electron chi connectivity index (χ2n) is 8.43. The van der Waals surface area contributed by atoms with Crippen molar-refractivity contribution in [3.8, 4) is 0 Å². The van der Waals surface area contributed by atoms with Crippen LogP contribution in [0.4, 0.5) is 0 Å². The predicted molar refractivity (Wildman–Crippen MR) is 111 cm³/mol. The number of likely N-dealkylation sites (N-methyl/N-ethyl adjacent to an activating group) is 1. The van der Waals surface area contributed by atoms with Crippen molar-refractivity contribution in [3.05, 3.63) is 29.8 Å². The van der Waals surface area contributed by atoms with Crippen molar-refractivity contribution >= 4 is 15.9 Å². The van der Waals surface area contributed by atoms with E-state index >= 15 is 0 Å². The first-order valence-corrected chi connectivity index (χ1v) is 11.9. The van der Waals surface area contributed by atoms with Gasteiger partial charge in [0.1, 0.15) is 0 Å². The Hall–Kier alpha value is -1.44. The fourth-order valence-electron chi connectivity index (χ4n) is 4.58. The van der Waals surface area contributed by atoms with Gasteiger partial charge in [-0.05, 0) is 68.5 Å². The van der Waals surface area contributed by atoms with Crippen LogP contribution in [0.1, 0.15) is 50.4 Å². The number of amides is 1. The van der Waals surface area contributed by atoms with Gasteiger partial charge in [-0.15, -0.1) is 0 Å². The predicted octanol–water partition coefficient (Wildman–Crippen LogP) is 2.57. The maximum Gasteiger partial charge on any atom is 0.251 e. The van der Waals surface area contributed by atoms with E-state index in [4.69, 9.17) is 0 Å². The zero-order valence-electron chi connectivity index (χ0n) is 17.2. The van der Waals surface area contributed by atoms with Crippen molar-refractivity contribution in [1.82, 2.24) is 14.5 Å². The molecule has 3 rings (SSSR count). The molecule has 0 bridgehead atoms. The first-order valence-electron chi connectivity index (χ1n) is 10.4. The van der Waals surface area contributed by atoms with Crippen LogP contribution < -0.4 is 5.32 Å². The van der Waals surface area contributed by atoms with Gasteiger partial charge in [0.2, 0.25) is 10.0 Å². The molecule has 0 saturated carbocycles. The van der Waals surface area contributed by atoms with Gasteiger partial charge in [-0.1, -0.05) is 20.8 Å². The fourth-order valence-corrected chi connectivity index (χ4v) is 6.26. The van der Waals surface area contributed by atoms with E-state index in [0.29, 0.717) is 43.1 Å². The highest BCUT2D eigenvalue weighted by atomic mass is 32.2. The second-order valence-corrected chi connectivity index (χ2v) is 10.4. The van der Waals surface area contributed by atoms with Crippen LogP contribution >= 0.6 is 0 Å². The zero-order valence-corrected chi connectivity index (χ0v) is 18.0. The van der Waals surface area contributed by atoms with Gasteiger partial charge >= 0.3 is 0 Å². The van der Waals surface area contributed by atoms with Crippen molar-refractivity contribution in [2.45, 2.75) is 51.0 Å². The summed E-state index contributed by atoms with van der Waals surface area (Å²) in [6.07, 6.45) is 3.34. The van der Waals surface area contributed by atoms with E-state index in [1.807, 2.05) is 0 Å². The van der Waals surface area contributed by atoms with Gasteiger partial charge in [-0.2, -0.15) is 4.31 Å². The highest BCUT2D eigenvalue weighted by molar-refractivity contribution is 7.89. The molecular weight excluding hydrogens is 374 g/mol. The summed E-state index contributed by atoms with van der Waals surface area (Å²) in [6.45, 7) is 10.2.